The molecule has 7 heteroatoms. The van der Waals surface area contributed by atoms with Gasteiger partial charge in [0.05, 0.1) is 51.1 Å². The normalized spacial score (nSPS) is 11.9. The lowest BCUT2D eigenvalue weighted by atomic mass is 9.88. The van der Waals surface area contributed by atoms with Crippen LogP contribution in [0.3, 0.4) is 0 Å². The van der Waals surface area contributed by atoms with E-state index in [0.717, 1.165) is 104 Å². The van der Waals surface area contributed by atoms with E-state index in [1.54, 1.807) is 6.33 Å². The van der Waals surface area contributed by atoms with Crippen LogP contribution in [-0.4, -0.2) is 19.1 Å². The fourth-order valence-electron chi connectivity index (χ4n) is 10.1. The highest BCUT2D eigenvalue weighted by molar-refractivity contribution is 6.34. The number of rotatable bonds is 4. The zero-order valence-electron chi connectivity index (χ0n) is 32.3. The molecular formula is C54H28N6O. The van der Waals surface area contributed by atoms with Gasteiger partial charge in [0, 0.05) is 66.5 Å². The van der Waals surface area contributed by atoms with Gasteiger partial charge in [0.25, 0.3) is 0 Å². The van der Waals surface area contributed by atoms with Crippen molar-refractivity contribution in [2.24, 2.45) is 0 Å². The Labute approximate surface area is 347 Å². The first-order valence-corrected chi connectivity index (χ1v) is 20.1. The Hall–Kier alpha value is -8.78. The summed E-state index contributed by atoms with van der Waals surface area (Å²) in [6.07, 6.45) is 3.50. The Balaban J connectivity index is 1.31. The van der Waals surface area contributed by atoms with E-state index in [1.165, 1.54) is 0 Å². The highest BCUT2D eigenvalue weighted by atomic mass is 16.3. The van der Waals surface area contributed by atoms with E-state index in [2.05, 4.69) is 110 Å². The van der Waals surface area contributed by atoms with Gasteiger partial charge in [0.15, 0.2) is 0 Å². The molecule has 0 atom stereocenters. The summed E-state index contributed by atoms with van der Waals surface area (Å²) in [6.45, 7) is 9.14. The van der Waals surface area contributed by atoms with Crippen molar-refractivity contribution in [3.8, 4) is 39.7 Å². The first-order valence-electron chi connectivity index (χ1n) is 20.1. The van der Waals surface area contributed by atoms with E-state index >= 15 is 0 Å². The van der Waals surface area contributed by atoms with Crippen LogP contribution in [-0.2, 0) is 0 Å². The summed E-state index contributed by atoms with van der Waals surface area (Å²) in [5.74, 6) is 0. The van der Waals surface area contributed by atoms with Gasteiger partial charge in [-0.05, 0) is 46.8 Å². The lowest BCUT2D eigenvalue weighted by Crippen LogP contribution is -2.08. The van der Waals surface area contributed by atoms with E-state index in [1.807, 2.05) is 79.0 Å². The monoisotopic (exact) mass is 776 g/mol. The number of benzene rings is 9. The maximum absolute atomic E-state index is 11.7. The Morgan fingerprint density at radius 1 is 0.525 bits per heavy atom. The van der Waals surface area contributed by atoms with Gasteiger partial charge in [-0.15, -0.1) is 0 Å². The Bertz CT molecular complexity index is 3980. The van der Waals surface area contributed by atoms with E-state index in [0.29, 0.717) is 28.2 Å². The standard InChI is InChI=1S/C54H28N6O/c1-56-52-47(31-14-4-2-5-15-31)39(28-55)53(59-41-22-10-8-18-33(41)37-26-38-34-19-9-11-25-45(34)61-46(38)27-44(37)59)48(32-16-6-3-7-17-32)54(52)60-42-23-12-20-35-40-29-57-30-58-51(40)36-21-13-24-43(60)50(36)49(35)42/h2-27,29-30H. The minimum absolute atomic E-state index is 0.386. The molecule has 0 fully saturated rings. The van der Waals surface area contributed by atoms with Crippen molar-refractivity contribution in [1.29, 1.82) is 5.26 Å². The van der Waals surface area contributed by atoms with Crippen LogP contribution in [0.2, 0.25) is 0 Å². The van der Waals surface area contributed by atoms with Crippen molar-refractivity contribution >= 4 is 92.9 Å². The molecule has 13 aromatic rings. The summed E-state index contributed by atoms with van der Waals surface area (Å²) in [5, 5.41) is 21.0. The maximum Gasteiger partial charge on any atom is 0.220 e. The number of fused-ring (bicyclic) bond motifs is 9. The first-order chi connectivity index (χ1) is 30.2. The molecule has 0 amide bonds. The lowest BCUT2D eigenvalue weighted by Gasteiger charge is -2.25. The van der Waals surface area contributed by atoms with Crippen LogP contribution in [0.25, 0.3) is 126 Å². The molecule has 0 aliphatic heterocycles. The number of nitriles is 1. The molecule has 0 saturated heterocycles. The topological polar surface area (TPSA) is 76.9 Å². The molecule has 13 rings (SSSR count). The van der Waals surface area contributed by atoms with E-state index in [-0.39, 0.29) is 0 Å². The van der Waals surface area contributed by atoms with Gasteiger partial charge in [0.2, 0.25) is 5.69 Å². The smallest absolute Gasteiger partial charge is 0.220 e. The fourth-order valence-corrected chi connectivity index (χ4v) is 10.1. The second kappa shape index (κ2) is 12.4. The number of nitrogens with zero attached hydrogens (tertiary/aromatic N) is 6. The second-order valence-electron chi connectivity index (χ2n) is 15.5. The molecule has 0 bridgehead atoms. The van der Waals surface area contributed by atoms with Crippen LogP contribution in [0.1, 0.15) is 5.56 Å². The third-order valence-corrected chi connectivity index (χ3v) is 12.5. The third-order valence-electron chi connectivity index (χ3n) is 12.5. The van der Waals surface area contributed by atoms with Crippen LogP contribution in [0, 0.1) is 17.9 Å². The molecular weight excluding hydrogens is 749 g/mol. The zero-order valence-corrected chi connectivity index (χ0v) is 32.3. The quantitative estimate of drug-likeness (QED) is 0.132. The van der Waals surface area contributed by atoms with Gasteiger partial charge >= 0.3 is 0 Å². The molecule has 4 aromatic heterocycles. The van der Waals surface area contributed by atoms with Gasteiger partial charge in [-0.25, -0.2) is 14.8 Å². The SMILES string of the molecule is [C-]#[N+]c1c(-c2ccccc2)c(C#N)c(-n2c3ccccc3c3cc4c(cc32)oc2ccccc24)c(-c2ccccc2)c1-n1c2cccc3c4cncnc4c4cccc1c4c32. The maximum atomic E-state index is 11.7. The predicted molar refractivity (Wildman–Crippen MR) is 246 cm³/mol. The molecule has 0 saturated carbocycles. The van der Waals surface area contributed by atoms with Crippen LogP contribution >= 0.6 is 0 Å². The summed E-state index contributed by atoms with van der Waals surface area (Å²) in [6, 6.07) is 56.3. The summed E-state index contributed by atoms with van der Waals surface area (Å²) < 4.78 is 11.0. The number of hydrogen-bond acceptors (Lipinski definition) is 4. The number of hydrogen-bond donors (Lipinski definition) is 0. The van der Waals surface area contributed by atoms with Gasteiger partial charge in [-0.3, -0.25) is 0 Å². The zero-order chi connectivity index (χ0) is 40.3. The molecule has 4 heterocycles. The summed E-state index contributed by atoms with van der Waals surface area (Å²) in [5.41, 5.74) is 11.3. The molecule has 0 spiro atoms. The molecule has 280 valence electrons. The van der Waals surface area contributed by atoms with Crippen molar-refractivity contribution in [3.63, 3.8) is 0 Å². The van der Waals surface area contributed by atoms with Crippen LogP contribution < -0.4 is 0 Å². The molecule has 0 unspecified atom stereocenters. The minimum atomic E-state index is 0.386. The van der Waals surface area contributed by atoms with Gasteiger partial charge in [-0.2, -0.15) is 5.26 Å². The molecule has 0 N–H and O–H groups in total. The summed E-state index contributed by atoms with van der Waals surface area (Å²) >= 11 is 0. The molecule has 61 heavy (non-hydrogen) atoms. The number of para-hydroxylation sites is 2. The van der Waals surface area contributed by atoms with Crippen molar-refractivity contribution < 1.29 is 4.42 Å². The van der Waals surface area contributed by atoms with Crippen LogP contribution in [0.15, 0.2) is 175 Å². The van der Waals surface area contributed by atoms with Crippen LogP contribution in [0.4, 0.5) is 5.69 Å². The first kappa shape index (κ1) is 33.2. The van der Waals surface area contributed by atoms with Crippen LogP contribution in [0.5, 0.6) is 0 Å². The van der Waals surface area contributed by atoms with E-state index < -0.39 is 0 Å². The number of aromatic nitrogens is 4. The molecule has 7 nitrogen and oxygen atoms in total. The molecule has 0 aliphatic carbocycles. The predicted octanol–water partition coefficient (Wildman–Crippen LogP) is 14.1. The van der Waals surface area contributed by atoms with Crippen molar-refractivity contribution in [3.05, 3.63) is 187 Å². The third kappa shape index (κ3) is 4.38. The molecule has 0 aliphatic rings. The lowest BCUT2D eigenvalue weighted by molar-refractivity contribution is 0.669. The van der Waals surface area contributed by atoms with Gasteiger partial charge in [-0.1, -0.05) is 121 Å². The highest BCUT2D eigenvalue weighted by Crippen LogP contribution is 2.53. The average Bonchev–Trinajstić information content (AvgIpc) is 3.97. The second-order valence-corrected chi connectivity index (χ2v) is 15.5. The molecule has 0 radical (unpaired) electrons. The molecule has 9 aromatic carbocycles. The minimum Gasteiger partial charge on any atom is -0.456 e. The van der Waals surface area contributed by atoms with E-state index in [9.17, 15) is 5.26 Å². The number of furan rings is 1. The van der Waals surface area contributed by atoms with Gasteiger partial charge in [0.1, 0.15) is 23.6 Å². The summed E-state index contributed by atoms with van der Waals surface area (Å²) in [7, 11) is 0. The Kier molecular flexibility index (Phi) is 6.73. The van der Waals surface area contributed by atoms with E-state index in [4.69, 9.17) is 16.0 Å². The average molecular weight is 777 g/mol. The van der Waals surface area contributed by atoms with Crippen molar-refractivity contribution in [2.45, 2.75) is 0 Å². The van der Waals surface area contributed by atoms with Crippen molar-refractivity contribution in [2.75, 3.05) is 0 Å². The van der Waals surface area contributed by atoms with Crippen molar-refractivity contribution in [1.82, 2.24) is 19.1 Å². The highest BCUT2D eigenvalue weighted by Gasteiger charge is 2.32. The largest absolute Gasteiger partial charge is 0.456 e. The fraction of sp³-hybridized carbons (Fsp3) is 0. The Morgan fingerprint density at radius 3 is 1.90 bits per heavy atom. The van der Waals surface area contributed by atoms with Gasteiger partial charge < -0.3 is 13.6 Å². The Morgan fingerprint density at radius 2 is 1.15 bits per heavy atom. The summed E-state index contributed by atoms with van der Waals surface area (Å²) in [4.78, 5) is 13.7.